The monoisotopic (exact) mass is 307 g/mol. The molecule has 18 heavy (non-hydrogen) atoms. The lowest BCUT2D eigenvalue weighted by Crippen LogP contribution is -1.94. The molecule has 0 saturated carbocycles. The molecule has 0 saturated heterocycles. The van der Waals surface area contributed by atoms with Crippen LogP contribution < -0.4 is 4.74 Å². The van der Waals surface area contributed by atoms with E-state index in [4.69, 9.17) is 10.00 Å². The van der Waals surface area contributed by atoms with Gasteiger partial charge in [0.2, 0.25) is 5.88 Å². The number of hydrogen-bond acceptors (Lipinski definition) is 4. The van der Waals surface area contributed by atoms with Crippen LogP contribution in [0.25, 0.3) is 0 Å². The first kappa shape index (κ1) is 12.5. The van der Waals surface area contributed by atoms with E-state index in [1.54, 1.807) is 19.1 Å². The summed E-state index contributed by atoms with van der Waals surface area (Å²) in [7, 11) is 0. The summed E-state index contributed by atoms with van der Waals surface area (Å²) in [6.45, 7) is 1.72. The minimum atomic E-state index is -0.625. The molecule has 1 aromatic carbocycles. The molecule has 1 heterocycles. The summed E-state index contributed by atoms with van der Waals surface area (Å²) in [5, 5.41) is 8.61. The summed E-state index contributed by atoms with van der Waals surface area (Å²) in [5.41, 5.74) is -0.0256. The molecule has 0 aliphatic carbocycles. The molecule has 0 fully saturated rings. The predicted octanol–water partition coefficient (Wildman–Crippen LogP) is 3.35. The Morgan fingerprint density at radius 1 is 1.33 bits per heavy atom. The van der Waals surface area contributed by atoms with Crippen LogP contribution in [0, 0.1) is 24.1 Å². The van der Waals surface area contributed by atoms with E-state index in [0.717, 1.165) is 6.07 Å². The first-order valence-corrected chi connectivity index (χ1v) is 5.76. The van der Waals surface area contributed by atoms with Crippen molar-refractivity contribution in [2.24, 2.45) is 0 Å². The van der Waals surface area contributed by atoms with Crippen molar-refractivity contribution in [1.82, 2.24) is 9.97 Å². The number of halogens is 2. The third-order valence-corrected chi connectivity index (χ3v) is 2.47. The highest BCUT2D eigenvalue weighted by Gasteiger charge is 2.06. The number of ether oxygens (including phenoxy) is 1. The fourth-order valence-corrected chi connectivity index (χ4v) is 1.78. The zero-order chi connectivity index (χ0) is 13.1. The third-order valence-electron chi connectivity index (χ3n) is 2.07. The van der Waals surface area contributed by atoms with Gasteiger partial charge in [0.05, 0.1) is 5.56 Å². The van der Waals surface area contributed by atoms with Crippen LogP contribution in [-0.2, 0) is 0 Å². The Balaban J connectivity index is 2.29. The van der Waals surface area contributed by atoms with Gasteiger partial charge in [0, 0.05) is 12.1 Å². The molecular formula is C12H7BrFN3O. The van der Waals surface area contributed by atoms with Gasteiger partial charge in [-0.05, 0) is 35.0 Å². The average molecular weight is 308 g/mol. The molecular weight excluding hydrogens is 301 g/mol. The van der Waals surface area contributed by atoms with Gasteiger partial charge in [0.25, 0.3) is 0 Å². The van der Waals surface area contributed by atoms with Crippen LogP contribution in [0.4, 0.5) is 4.39 Å². The van der Waals surface area contributed by atoms with Gasteiger partial charge in [-0.15, -0.1) is 0 Å². The van der Waals surface area contributed by atoms with E-state index in [2.05, 4.69) is 25.9 Å². The number of rotatable bonds is 2. The van der Waals surface area contributed by atoms with Crippen LogP contribution >= 0.6 is 15.9 Å². The lowest BCUT2D eigenvalue weighted by Gasteiger charge is -2.06. The number of aromatic nitrogens is 2. The lowest BCUT2D eigenvalue weighted by molar-refractivity contribution is 0.454. The summed E-state index contributed by atoms with van der Waals surface area (Å²) in [5.74, 6) is 0.489. The van der Waals surface area contributed by atoms with Gasteiger partial charge in [0.15, 0.2) is 0 Å². The number of hydrogen-bond donors (Lipinski definition) is 0. The van der Waals surface area contributed by atoms with E-state index < -0.39 is 5.82 Å². The van der Waals surface area contributed by atoms with E-state index in [-0.39, 0.29) is 11.3 Å². The molecule has 2 aromatic rings. The lowest BCUT2D eigenvalue weighted by atomic mass is 10.2. The summed E-state index contributed by atoms with van der Waals surface area (Å²) in [6, 6.07) is 7.32. The molecule has 0 N–H and O–H groups in total. The second-order valence-electron chi connectivity index (χ2n) is 3.43. The molecule has 90 valence electrons. The Morgan fingerprint density at radius 2 is 2.11 bits per heavy atom. The van der Waals surface area contributed by atoms with E-state index in [1.165, 1.54) is 12.1 Å². The Morgan fingerprint density at radius 3 is 2.72 bits per heavy atom. The number of nitrogens with zero attached hydrogens (tertiary/aromatic N) is 3. The smallest absolute Gasteiger partial charge is 0.223 e. The van der Waals surface area contributed by atoms with Crippen LogP contribution in [0.5, 0.6) is 11.6 Å². The zero-order valence-electron chi connectivity index (χ0n) is 9.32. The summed E-state index contributed by atoms with van der Waals surface area (Å²) in [6.07, 6.45) is 0. The van der Waals surface area contributed by atoms with Gasteiger partial charge in [-0.2, -0.15) is 10.2 Å². The van der Waals surface area contributed by atoms with E-state index in [9.17, 15) is 4.39 Å². The Bertz CT molecular complexity index is 619. The highest BCUT2D eigenvalue weighted by Crippen LogP contribution is 2.23. The maximum absolute atomic E-state index is 13.4. The minimum absolute atomic E-state index is 0.0256. The van der Waals surface area contributed by atoms with E-state index in [0.29, 0.717) is 16.3 Å². The van der Waals surface area contributed by atoms with Crippen molar-refractivity contribution >= 4 is 15.9 Å². The molecule has 0 aliphatic rings. The first-order valence-electron chi connectivity index (χ1n) is 4.97. The van der Waals surface area contributed by atoms with Gasteiger partial charge >= 0.3 is 0 Å². The van der Waals surface area contributed by atoms with Crippen LogP contribution in [-0.4, -0.2) is 9.97 Å². The maximum Gasteiger partial charge on any atom is 0.223 e. The van der Waals surface area contributed by atoms with Crippen LogP contribution in [0.3, 0.4) is 0 Å². The topological polar surface area (TPSA) is 58.8 Å². The Labute approximate surface area is 111 Å². The highest BCUT2D eigenvalue weighted by atomic mass is 79.9. The molecule has 1 aromatic heterocycles. The van der Waals surface area contributed by atoms with Crippen LogP contribution in [0.15, 0.2) is 28.9 Å². The molecule has 0 amide bonds. The Kier molecular flexibility index (Phi) is 3.53. The normalized spacial score (nSPS) is 9.89. The van der Waals surface area contributed by atoms with E-state index >= 15 is 0 Å². The van der Waals surface area contributed by atoms with Gasteiger partial charge in [-0.1, -0.05) is 0 Å². The molecule has 0 radical (unpaired) electrons. The quantitative estimate of drug-likeness (QED) is 0.798. The number of benzene rings is 1. The molecule has 2 rings (SSSR count). The Hall–Kier alpha value is -2.00. The second kappa shape index (κ2) is 5.10. The van der Waals surface area contributed by atoms with Crippen molar-refractivity contribution in [2.75, 3.05) is 0 Å². The fraction of sp³-hybridized carbons (Fsp3) is 0.0833. The second-order valence-corrected chi connectivity index (χ2v) is 4.24. The average Bonchev–Trinajstić information content (AvgIpc) is 2.27. The van der Waals surface area contributed by atoms with Gasteiger partial charge in [-0.25, -0.2) is 9.37 Å². The molecule has 0 spiro atoms. The van der Waals surface area contributed by atoms with E-state index in [1.807, 2.05) is 0 Å². The van der Waals surface area contributed by atoms with Crippen LogP contribution in [0.2, 0.25) is 0 Å². The van der Waals surface area contributed by atoms with Crippen molar-refractivity contribution in [2.45, 2.75) is 6.92 Å². The van der Waals surface area contributed by atoms with Gasteiger partial charge in [-0.3, -0.25) is 0 Å². The van der Waals surface area contributed by atoms with Crippen molar-refractivity contribution in [3.05, 3.63) is 46.1 Å². The molecule has 0 unspecified atom stereocenters. The fourth-order valence-electron chi connectivity index (χ4n) is 1.33. The molecule has 0 aliphatic heterocycles. The van der Waals surface area contributed by atoms with Gasteiger partial charge < -0.3 is 4.74 Å². The SMILES string of the molecule is Cc1nc(Br)cc(Oc2ccc(C#N)c(F)c2)n1. The molecule has 0 bridgehead atoms. The first-order chi connectivity index (χ1) is 8.58. The summed E-state index contributed by atoms with van der Waals surface area (Å²) >= 11 is 3.22. The molecule has 0 atom stereocenters. The standard InChI is InChI=1S/C12H7BrFN3O/c1-7-16-11(13)5-12(17-7)18-9-3-2-8(6-15)10(14)4-9/h2-5H,1H3. The third kappa shape index (κ3) is 2.81. The number of aryl methyl sites for hydroxylation is 1. The highest BCUT2D eigenvalue weighted by molar-refractivity contribution is 9.10. The van der Waals surface area contributed by atoms with Crippen molar-refractivity contribution in [3.8, 4) is 17.7 Å². The van der Waals surface area contributed by atoms with Crippen molar-refractivity contribution in [1.29, 1.82) is 5.26 Å². The van der Waals surface area contributed by atoms with Crippen molar-refractivity contribution in [3.63, 3.8) is 0 Å². The van der Waals surface area contributed by atoms with Crippen molar-refractivity contribution < 1.29 is 9.13 Å². The molecule has 6 heteroatoms. The zero-order valence-corrected chi connectivity index (χ0v) is 10.9. The molecule has 4 nitrogen and oxygen atoms in total. The maximum atomic E-state index is 13.4. The van der Waals surface area contributed by atoms with Crippen LogP contribution in [0.1, 0.15) is 11.4 Å². The predicted molar refractivity (Wildman–Crippen MR) is 65.7 cm³/mol. The summed E-state index contributed by atoms with van der Waals surface area (Å²) in [4.78, 5) is 8.08. The largest absolute Gasteiger partial charge is 0.439 e. The number of nitriles is 1. The minimum Gasteiger partial charge on any atom is -0.439 e. The van der Waals surface area contributed by atoms with Gasteiger partial charge in [0.1, 0.15) is 28.1 Å². The summed E-state index contributed by atoms with van der Waals surface area (Å²) < 4.78 is 19.3.